The molecule has 1 aromatic carbocycles. The number of carbonyl (C=O) groups excluding carboxylic acids is 1. The number of fused-ring (bicyclic) bond motifs is 1. The summed E-state index contributed by atoms with van der Waals surface area (Å²) in [4.78, 5) is 14.5. The smallest absolute Gasteiger partial charge is 0.260 e. The van der Waals surface area contributed by atoms with Crippen molar-refractivity contribution in [2.75, 3.05) is 18.9 Å². The Bertz CT molecular complexity index is 484. The number of amides is 1. The topological polar surface area (TPSA) is 55.6 Å². The van der Waals surface area contributed by atoms with Crippen LogP contribution in [0, 0.1) is 5.92 Å². The number of carbonyl (C=O) groups is 1. The first-order valence-electron chi connectivity index (χ1n) is 8.02. The zero-order valence-corrected chi connectivity index (χ0v) is 12.5. The van der Waals surface area contributed by atoms with Crippen LogP contribution in [0.2, 0.25) is 0 Å². The summed E-state index contributed by atoms with van der Waals surface area (Å²) in [5.74, 6) is 1.55. The van der Waals surface area contributed by atoms with Crippen molar-refractivity contribution < 1.29 is 9.53 Å². The molecule has 3 rings (SSSR count). The van der Waals surface area contributed by atoms with Crippen molar-refractivity contribution in [2.45, 2.75) is 44.6 Å². The van der Waals surface area contributed by atoms with Crippen molar-refractivity contribution in [2.24, 2.45) is 5.92 Å². The van der Waals surface area contributed by atoms with E-state index in [0.717, 1.165) is 19.4 Å². The third-order valence-electron chi connectivity index (χ3n) is 4.81. The third kappa shape index (κ3) is 3.31. The molecule has 0 spiro atoms. The van der Waals surface area contributed by atoms with Crippen LogP contribution >= 0.6 is 0 Å². The fraction of sp³-hybridized carbons (Fsp3) is 0.588. The minimum atomic E-state index is 0.128. The molecule has 1 aromatic rings. The Labute approximate surface area is 126 Å². The molecule has 2 atom stereocenters. The average molecular weight is 288 g/mol. The summed E-state index contributed by atoms with van der Waals surface area (Å²) in [6.45, 7) is 1.03. The predicted molar refractivity (Wildman–Crippen MR) is 83.0 cm³/mol. The monoisotopic (exact) mass is 288 g/mol. The highest BCUT2D eigenvalue weighted by atomic mass is 16.5. The Morgan fingerprint density at radius 1 is 1.14 bits per heavy atom. The molecule has 2 N–H and O–H groups in total. The number of benzene rings is 1. The minimum absolute atomic E-state index is 0.128. The van der Waals surface area contributed by atoms with Crippen molar-refractivity contribution in [3.8, 4) is 5.75 Å². The number of hydrogen-bond donors (Lipinski definition) is 1. The van der Waals surface area contributed by atoms with Gasteiger partial charge < -0.3 is 15.4 Å². The van der Waals surface area contributed by atoms with Crippen LogP contribution in [-0.4, -0.2) is 30.0 Å². The first kappa shape index (κ1) is 14.2. The lowest BCUT2D eigenvalue weighted by molar-refractivity contribution is -0.139. The van der Waals surface area contributed by atoms with E-state index in [4.69, 9.17) is 10.5 Å². The van der Waals surface area contributed by atoms with Gasteiger partial charge in [-0.15, -0.1) is 0 Å². The highest BCUT2D eigenvalue weighted by Crippen LogP contribution is 2.35. The first-order chi connectivity index (χ1) is 10.2. The van der Waals surface area contributed by atoms with Crippen LogP contribution in [0.15, 0.2) is 24.3 Å². The Morgan fingerprint density at radius 3 is 2.67 bits per heavy atom. The van der Waals surface area contributed by atoms with E-state index in [1.807, 2.05) is 12.1 Å². The number of ether oxygens (including phenoxy) is 1. The van der Waals surface area contributed by atoms with Gasteiger partial charge in [0.1, 0.15) is 5.75 Å². The second kappa shape index (κ2) is 6.37. The maximum atomic E-state index is 12.5. The van der Waals surface area contributed by atoms with E-state index >= 15 is 0 Å². The lowest BCUT2D eigenvalue weighted by atomic mass is 9.78. The molecule has 0 radical (unpaired) electrons. The molecule has 0 unspecified atom stereocenters. The van der Waals surface area contributed by atoms with Crippen molar-refractivity contribution in [1.29, 1.82) is 0 Å². The number of hydrogen-bond acceptors (Lipinski definition) is 3. The lowest BCUT2D eigenvalue weighted by Gasteiger charge is -2.44. The average Bonchev–Trinajstić information content (AvgIpc) is 2.53. The molecule has 1 heterocycles. The molecule has 1 saturated carbocycles. The van der Waals surface area contributed by atoms with E-state index in [2.05, 4.69) is 4.90 Å². The van der Waals surface area contributed by atoms with Gasteiger partial charge in [-0.25, -0.2) is 0 Å². The van der Waals surface area contributed by atoms with Gasteiger partial charge in [0.15, 0.2) is 6.61 Å². The standard InChI is InChI=1S/C17H24N2O2/c18-14-7-9-15(10-8-14)21-12-17(20)19-11-3-5-13-4-1-2-6-16(13)19/h7-10,13,16H,1-6,11-12,18H2/t13-,16-/m1/s1. The van der Waals surface area contributed by atoms with Gasteiger partial charge in [0.05, 0.1) is 0 Å². The van der Waals surface area contributed by atoms with Crippen molar-refractivity contribution in [1.82, 2.24) is 4.90 Å². The van der Waals surface area contributed by atoms with E-state index in [1.54, 1.807) is 12.1 Å². The molecule has 1 aliphatic heterocycles. The quantitative estimate of drug-likeness (QED) is 0.870. The zero-order chi connectivity index (χ0) is 14.7. The minimum Gasteiger partial charge on any atom is -0.484 e. The first-order valence-corrected chi connectivity index (χ1v) is 8.02. The fourth-order valence-electron chi connectivity index (χ4n) is 3.73. The van der Waals surface area contributed by atoms with Crippen LogP contribution in [0.3, 0.4) is 0 Å². The van der Waals surface area contributed by atoms with Gasteiger partial charge in [0.2, 0.25) is 0 Å². The maximum Gasteiger partial charge on any atom is 0.260 e. The number of rotatable bonds is 3. The van der Waals surface area contributed by atoms with Crippen LogP contribution in [0.1, 0.15) is 38.5 Å². The van der Waals surface area contributed by atoms with Gasteiger partial charge in [-0.1, -0.05) is 12.8 Å². The number of likely N-dealkylation sites (tertiary alicyclic amines) is 1. The molecule has 0 aromatic heterocycles. The van der Waals surface area contributed by atoms with Crippen molar-refractivity contribution in [3.05, 3.63) is 24.3 Å². The summed E-state index contributed by atoms with van der Waals surface area (Å²) in [5, 5.41) is 0. The molecule has 4 heteroatoms. The third-order valence-corrected chi connectivity index (χ3v) is 4.81. The molecule has 0 bridgehead atoms. The molecule has 1 saturated heterocycles. The number of anilines is 1. The zero-order valence-electron chi connectivity index (χ0n) is 12.5. The van der Waals surface area contributed by atoms with Gasteiger partial charge in [0, 0.05) is 18.3 Å². The molecule has 21 heavy (non-hydrogen) atoms. The Morgan fingerprint density at radius 2 is 1.86 bits per heavy atom. The molecule has 4 nitrogen and oxygen atoms in total. The summed E-state index contributed by atoms with van der Waals surface area (Å²) in [5.41, 5.74) is 6.35. The molecular weight excluding hydrogens is 264 g/mol. The summed E-state index contributed by atoms with van der Waals surface area (Å²) < 4.78 is 5.61. The summed E-state index contributed by atoms with van der Waals surface area (Å²) in [6, 6.07) is 7.65. The van der Waals surface area contributed by atoms with Crippen LogP contribution < -0.4 is 10.5 Å². The summed E-state index contributed by atoms with van der Waals surface area (Å²) in [7, 11) is 0. The molecule has 1 aliphatic carbocycles. The highest BCUT2D eigenvalue weighted by molar-refractivity contribution is 5.78. The molecule has 1 amide bonds. The largest absolute Gasteiger partial charge is 0.484 e. The molecule has 114 valence electrons. The number of nitrogen functional groups attached to an aromatic ring is 1. The summed E-state index contributed by atoms with van der Waals surface area (Å²) in [6.07, 6.45) is 7.45. The van der Waals surface area contributed by atoms with Gasteiger partial charge in [-0.2, -0.15) is 0 Å². The molecule has 2 aliphatic rings. The highest BCUT2D eigenvalue weighted by Gasteiger charge is 2.35. The lowest BCUT2D eigenvalue weighted by Crippen LogP contribution is -2.51. The van der Waals surface area contributed by atoms with E-state index in [0.29, 0.717) is 23.4 Å². The predicted octanol–water partition coefficient (Wildman–Crippen LogP) is 2.83. The summed E-state index contributed by atoms with van der Waals surface area (Å²) >= 11 is 0. The Hall–Kier alpha value is -1.71. The Kier molecular flexibility index (Phi) is 4.32. The van der Waals surface area contributed by atoms with Crippen molar-refractivity contribution in [3.63, 3.8) is 0 Å². The van der Waals surface area contributed by atoms with Gasteiger partial charge in [-0.05, 0) is 55.9 Å². The van der Waals surface area contributed by atoms with Crippen LogP contribution in [0.4, 0.5) is 5.69 Å². The van der Waals surface area contributed by atoms with Crippen molar-refractivity contribution >= 4 is 11.6 Å². The number of nitrogens with two attached hydrogens (primary N) is 1. The normalized spacial score (nSPS) is 25.2. The van der Waals surface area contributed by atoms with Gasteiger partial charge >= 0.3 is 0 Å². The Balaban J connectivity index is 1.57. The van der Waals surface area contributed by atoms with Crippen LogP contribution in [0.25, 0.3) is 0 Å². The van der Waals surface area contributed by atoms with E-state index in [-0.39, 0.29) is 12.5 Å². The fourth-order valence-corrected chi connectivity index (χ4v) is 3.73. The van der Waals surface area contributed by atoms with Crippen LogP contribution in [0.5, 0.6) is 5.75 Å². The maximum absolute atomic E-state index is 12.5. The SMILES string of the molecule is Nc1ccc(OCC(=O)N2CCC[C@H]3CCCC[C@H]32)cc1. The van der Waals surface area contributed by atoms with Gasteiger partial charge in [0.25, 0.3) is 5.91 Å². The van der Waals surface area contributed by atoms with Crippen LogP contribution in [-0.2, 0) is 4.79 Å². The van der Waals surface area contributed by atoms with E-state index in [1.165, 1.54) is 25.7 Å². The molecule has 2 fully saturated rings. The van der Waals surface area contributed by atoms with E-state index in [9.17, 15) is 4.79 Å². The number of nitrogens with zero attached hydrogens (tertiary/aromatic N) is 1. The molecular formula is C17H24N2O2. The van der Waals surface area contributed by atoms with E-state index < -0.39 is 0 Å². The second-order valence-electron chi connectivity index (χ2n) is 6.20. The number of piperidine rings is 1. The second-order valence-corrected chi connectivity index (χ2v) is 6.20. The van der Waals surface area contributed by atoms with Gasteiger partial charge in [-0.3, -0.25) is 4.79 Å².